The molecule has 0 saturated carbocycles. The average molecular weight is 283 g/mol. The number of aromatic nitrogens is 3. The number of hydrogen-bond acceptors (Lipinski definition) is 3. The Morgan fingerprint density at radius 1 is 1.19 bits per heavy atom. The van der Waals surface area contributed by atoms with Gasteiger partial charge in [-0.3, -0.25) is 4.79 Å². The van der Waals surface area contributed by atoms with Crippen LogP contribution in [0, 0.1) is 5.82 Å². The van der Waals surface area contributed by atoms with Crippen molar-refractivity contribution in [3.8, 4) is 0 Å². The molecule has 2 aromatic carbocycles. The minimum atomic E-state index is -0.320. The van der Waals surface area contributed by atoms with Crippen molar-refractivity contribution in [2.75, 3.05) is 0 Å². The van der Waals surface area contributed by atoms with E-state index in [1.807, 2.05) is 6.92 Å². The molecule has 0 saturated heterocycles. The lowest BCUT2D eigenvalue weighted by atomic mass is 9.99. The van der Waals surface area contributed by atoms with Crippen LogP contribution in [0.3, 0.4) is 0 Å². The van der Waals surface area contributed by atoms with Crippen LogP contribution in [0.15, 0.2) is 42.7 Å². The SMILES string of the molecule is CCn1ncnc1CC(=O)c1ccc(F)c2ccccc12. The van der Waals surface area contributed by atoms with Gasteiger partial charge in [-0.1, -0.05) is 24.3 Å². The molecule has 0 bridgehead atoms. The Kier molecular flexibility index (Phi) is 3.48. The third-order valence-electron chi connectivity index (χ3n) is 3.49. The predicted octanol–water partition coefficient (Wildman–Crippen LogP) is 3.02. The summed E-state index contributed by atoms with van der Waals surface area (Å²) in [6, 6.07) is 9.86. The van der Waals surface area contributed by atoms with Crippen LogP contribution in [-0.2, 0) is 13.0 Å². The minimum absolute atomic E-state index is 0.0890. The van der Waals surface area contributed by atoms with E-state index in [2.05, 4.69) is 10.1 Å². The van der Waals surface area contributed by atoms with E-state index in [1.54, 1.807) is 28.9 Å². The van der Waals surface area contributed by atoms with E-state index >= 15 is 0 Å². The molecule has 106 valence electrons. The predicted molar refractivity (Wildman–Crippen MR) is 77.6 cm³/mol. The van der Waals surface area contributed by atoms with E-state index in [0.29, 0.717) is 28.7 Å². The number of halogens is 1. The van der Waals surface area contributed by atoms with Gasteiger partial charge in [-0.2, -0.15) is 5.10 Å². The lowest BCUT2D eigenvalue weighted by Gasteiger charge is -2.07. The van der Waals surface area contributed by atoms with Gasteiger partial charge in [0.25, 0.3) is 0 Å². The minimum Gasteiger partial charge on any atom is -0.294 e. The first kappa shape index (κ1) is 13.4. The largest absolute Gasteiger partial charge is 0.294 e. The molecule has 0 aliphatic heterocycles. The zero-order valence-corrected chi connectivity index (χ0v) is 11.6. The Bertz CT molecular complexity index is 810. The number of aryl methyl sites for hydroxylation is 1. The maximum absolute atomic E-state index is 13.8. The number of ketones is 1. The summed E-state index contributed by atoms with van der Waals surface area (Å²) in [7, 11) is 0. The van der Waals surface area contributed by atoms with E-state index in [0.717, 1.165) is 0 Å². The molecule has 3 rings (SSSR count). The number of carbonyl (C=O) groups is 1. The van der Waals surface area contributed by atoms with Gasteiger partial charge >= 0.3 is 0 Å². The Morgan fingerprint density at radius 3 is 2.71 bits per heavy atom. The lowest BCUT2D eigenvalue weighted by molar-refractivity contribution is 0.0991. The standard InChI is InChI=1S/C16H14FN3O/c1-2-20-16(18-10-19-20)9-15(21)13-7-8-14(17)12-6-4-3-5-11(12)13/h3-8,10H,2,9H2,1H3. The van der Waals surface area contributed by atoms with Crippen molar-refractivity contribution in [2.45, 2.75) is 19.9 Å². The third kappa shape index (κ3) is 2.42. The van der Waals surface area contributed by atoms with Crippen LogP contribution in [0.1, 0.15) is 23.1 Å². The molecule has 0 amide bonds. The van der Waals surface area contributed by atoms with Crippen molar-refractivity contribution >= 4 is 16.6 Å². The Labute approximate surface area is 121 Å². The summed E-state index contributed by atoms with van der Waals surface area (Å²) in [5, 5.41) is 5.14. The molecule has 0 N–H and O–H groups in total. The molecular weight excluding hydrogens is 269 g/mol. The van der Waals surface area contributed by atoms with E-state index in [4.69, 9.17) is 0 Å². The summed E-state index contributed by atoms with van der Waals surface area (Å²) in [5.41, 5.74) is 0.512. The molecule has 0 atom stereocenters. The van der Waals surface area contributed by atoms with Gasteiger partial charge in [0, 0.05) is 17.5 Å². The maximum Gasteiger partial charge on any atom is 0.171 e. The summed E-state index contributed by atoms with van der Waals surface area (Å²) in [6.45, 7) is 2.60. The number of carbonyl (C=O) groups excluding carboxylic acids is 1. The van der Waals surface area contributed by atoms with Crippen LogP contribution in [0.25, 0.3) is 10.8 Å². The first-order valence-electron chi connectivity index (χ1n) is 6.78. The van der Waals surface area contributed by atoms with E-state index in [1.165, 1.54) is 18.5 Å². The smallest absolute Gasteiger partial charge is 0.171 e. The lowest BCUT2D eigenvalue weighted by Crippen LogP contribution is -2.11. The topological polar surface area (TPSA) is 47.8 Å². The first-order valence-corrected chi connectivity index (χ1v) is 6.78. The molecule has 0 fully saturated rings. The molecule has 4 nitrogen and oxygen atoms in total. The Balaban J connectivity index is 2.01. The second kappa shape index (κ2) is 5.44. The molecule has 0 spiro atoms. The van der Waals surface area contributed by atoms with E-state index < -0.39 is 0 Å². The van der Waals surface area contributed by atoms with Crippen molar-refractivity contribution < 1.29 is 9.18 Å². The number of Topliss-reactive ketones (excluding diaryl/α,β-unsaturated/α-hetero) is 1. The molecule has 0 aliphatic carbocycles. The summed E-state index contributed by atoms with van der Waals surface area (Å²) >= 11 is 0. The van der Waals surface area contributed by atoms with Gasteiger partial charge in [-0.05, 0) is 24.4 Å². The number of benzene rings is 2. The summed E-state index contributed by atoms with van der Waals surface area (Å²) in [6.07, 6.45) is 1.60. The molecule has 1 aromatic heterocycles. The maximum atomic E-state index is 13.8. The molecular formula is C16H14FN3O. The van der Waals surface area contributed by atoms with Crippen molar-refractivity contribution in [2.24, 2.45) is 0 Å². The van der Waals surface area contributed by atoms with Crippen LogP contribution in [-0.4, -0.2) is 20.5 Å². The van der Waals surface area contributed by atoms with Gasteiger partial charge in [-0.15, -0.1) is 0 Å². The van der Waals surface area contributed by atoms with E-state index in [-0.39, 0.29) is 18.0 Å². The van der Waals surface area contributed by atoms with Gasteiger partial charge in [0.1, 0.15) is 18.0 Å². The average Bonchev–Trinajstić information content (AvgIpc) is 2.95. The molecule has 0 radical (unpaired) electrons. The molecule has 0 unspecified atom stereocenters. The van der Waals surface area contributed by atoms with Gasteiger partial charge in [0.15, 0.2) is 5.78 Å². The molecule has 5 heteroatoms. The summed E-state index contributed by atoms with van der Waals surface area (Å²) in [4.78, 5) is 16.6. The van der Waals surface area contributed by atoms with Crippen LogP contribution >= 0.6 is 0 Å². The fourth-order valence-electron chi connectivity index (χ4n) is 2.43. The fourth-order valence-corrected chi connectivity index (χ4v) is 2.43. The second-order valence-electron chi connectivity index (χ2n) is 4.73. The van der Waals surface area contributed by atoms with Crippen molar-refractivity contribution in [3.05, 3.63) is 59.9 Å². The van der Waals surface area contributed by atoms with Crippen LogP contribution in [0.4, 0.5) is 4.39 Å². The van der Waals surface area contributed by atoms with Gasteiger partial charge in [0.2, 0.25) is 0 Å². The third-order valence-corrected chi connectivity index (χ3v) is 3.49. The highest BCUT2D eigenvalue weighted by Crippen LogP contribution is 2.22. The Morgan fingerprint density at radius 2 is 1.95 bits per heavy atom. The van der Waals surface area contributed by atoms with Crippen molar-refractivity contribution in [1.29, 1.82) is 0 Å². The zero-order chi connectivity index (χ0) is 14.8. The summed E-state index contributed by atoms with van der Waals surface area (Å²) < 4.78 is 15.5. The fraction of sp³-hybridized carbons (Fsp3) is 0.188. The molecule has 3 aromatic rings. The second-order valence-corrected chi connectivity index (χ2v) is 4.73. The van der Waals surface area contributed by atoms with Crippen molar-refractivity contribution in [3.63, 3.8) is 0 Å². The van der Waals surface area contributed by atoms with E-state index in [9.17, 15) is 9.18 Å². The quantitative estimate of drug-likeness (QED) is 0.691. The van der Waals surface area contributed by atoms with Gasteiger partial charge in [0.05, 0.1) is 6.42 Å². The molecule has 0 aliphatic rings. The Hall–Kier alpha value is -2.56. The first-order chi connectivity index (χ1) is 10.2. The summed E-state index contributed by atoms with van der Waals surface area (Å²) in [5.74, 6) is 0.212. The number of nitrogens with zero attached hydrogens (tertiary/aromatic N) is 3. The highest BCUT2D eigenvalue weighted by molar-refractivity contribution is 6.08. The van der Waals surface area contributed by atoms with Gasteiger partial charge < -0.3 is 0 Å². The van der Waals surface area contributed by atoms with Crippen LogP contribution in [0.5, 0.6) is 0 Å². The normalized spacial score (nSPS) is 11.0. The molecule has 21 heavy (non-hydrogen) atoms. The zero-order valence-electron chi connectivity index (χ0n) is 11.6. The molecule has 1 heterocycles. The monoisotopic (exact) mass is 283 g/mol. The number of rotatable bonds is 4. The van der Waals surface area contributed by atoms with Crippen LogP contribution in [0.2, 0.25) is 0 Å². The number of hydrogen-bond donors (Lipinski definition) is 0. The highest BCUT2D eigenvalue weighted by Gasteiger charge is 2.15. The number of fused-ring (bicyclic) bond motifs is 1. The van der Waals surface area contributed by atoms with Crippen LogP contribution < -0.4 is 0 Å². The van der Waals surface area contributed by atoms with Gasteiger partial charge in [-0.25, -0.2) is 14.1 Å². The highest BCUT2D eigenvalue weighted by atomic mass is 19.1. The van der Waals surface area contributed by atoms with Crippen molar-refractivity contribution in [1.82, 2.24) is 14.8 Å².